The molecule has 0 aromatic rings. The second-order valence-corrected chi connectivity index (χ2v) is 2.53. The van der Waals surface area contributed by atoms with Crippen LogP contribution < -0.4 is 10.6 Å². The van der Waals surface area contributed by atoms with Gasteiger partial charge >= 0.3 is 5.66 Å². The van der Waals surface area contributed by atoms with Crippen LogP contribution in [0.25, 0.3) is 0 Å². The molecule has 12 heavy (non-hydrogen) atoms. The van der Waals surface area contributed by atoms with Crippen LogP contribution in [0.2, 0.25) is 0 Å². The van der Waals surface area contributed by atoms with Crippen LogP contribution in [0.1, 0.15) is 0 Å². The summed E-state index contributed by atoms with van der Waals surface area (Å²) in [7, 11) is 0. The van der Waals surface area contributed by atoms with E-state index in [-0.39, 0.29) is 13.1 Å². The Bertz CT molecular complexity index is 195. The van der Waals surface area contributed by atoms with Gasteiger partial charge in [0.25, 0.3) is 0 Å². The predicted octanol–water partition coefficient (Wildman–Crippen LogP) is -1.61. The highest BCUT2D eigenvalue weighted by atomic mass is 16.7. The van der Waals surface area contributed by atoms with Gasteiger partial charge in [-0.05, 0) is 0 Å². The first-order valence-corrected chi connectivity index (χ1v) is 3.30. The number of rotatable bonds is 2. The van der Waals surface area contributed by atoms with Crippen LogP contribution in [0.5, 0.6) is 0 Å². The summed E-state index contributed by atoms with van der Waals surface area (Å²) >= 11 is 0. The molecule has 0 saturated carbocycles. The summed E-state index contributed by atoms with van der Waals surface area (Å²) < 4.78 is 0. The lowest BCUT2D eigenvalue weighted by Crippen LogP contribution is -2.64. The topological polar surface area (TPSA) is 110 Å². The van der Waals surface area contributed by atoms with Crippen molar-refractivity contribution in [2.24, 2.45) is 0 Å². The van der Waals surface area contributed by atoms with Gasteiger partial charge in [-0.2, -0.15) is 0 Å². The highest BCUT2D eigenvalue weighted by Crippen LogP contribution is 2.10. The first kappa shape index (κ1) is 8.81. The fourth-order valence-electron chi connectivity index (χ4n) is 1.00. The molecular formula is C4H8N4O4. The smallest absolute Gasteiger partial charge is 0.291 e. The number of nitrogens with zero attached hydrogens (tertiary/aromatic N) is 2. The van der Waals surface area contributed by atoms with Gasteiger partial charge in [0.05, 0.1) is 0 Å². The average Bonchev–Trinajstić information content (AvgIpc) is 2.05. The van der Waals surface area contributed by atoms with E-state index in [2.05, 4.69) is 10.6 Å². The number of hydrogen-bond donors (Lipinski definition) is 2. The summed E-state index contributed by atoms with van der Waals surface area (Å²) in [6.07, 6.45) is 0. The Morgan fingerprint density at radius 3 is 1.75 bits per heavy atom. The van der Waals surface area contributed by atoms with Crippen LogP contribution in [0.15, 0.2) is 0 Å². The molecule has 1 rings (SSSR count). The van der Waals surface area contributed by atoms with Crippen molar-refractivity contribution in [2.75, 3.05) is 19.8 Å². The van der Waals surface area contributed by atoms with E-state index >= 15 is 0 Å². The highest BCUT2D eigenvalue weighted by Gasteiger charge is 2.56. The summed E-state index contributed by atoms with van der Waals surface area (Å²) in [6.45, 7) is -0.108. The van der Waals surface area contributed by atoms with E-state index in [1.165, 1.54) is 0 Å². The van der Waals surface area contributed by atoms with Crippen LogP contribution in [0.4, 0.5) is 0 Å². The lowest BCUT2D eigenvalue weighted by Gasteiger charge is -2.22. The minimum atomic E-state index is -2.10. The van der Waals surface area contributed by atoms with Crippen molar-refractivity contribution in [3.05, 3.63) is 20.2 Å². The second-order valence-electron chi connectivity index (χ2n) is 2.53. The summed E-state index contributed by atoms with van der Waals surface area (Å²) in [6, 6.07) is 0. The summed E-state index contributed by atoms with van der Waals surface area (Å²) in [5.74, 6) is 0. The lowest BCUT2D eigenvalue weighted by molar-refractivity contribution is -0.792. The zero-order valence-corrected chi connectivity index (χ0v) is 6.15. The van der Waals surface area contributed by atoms with Gasteiger partial charge in [-0.25, -0.2) is 0 Å². The molecule has 0 spiro atoms. The maximum absolute atomic E-state index is 10.4. The zero-order valence-electron chi connectivity index (χ0n) is 6.15. The van der Waals surface area contributed by atoms with E-state index in [0.29, 0.717) is 6.67 Å². The Balaban J connectivity index is 2.84. The Morgan fingerprint density at radius 2 is 1.50 bits per heavy atom. The van der Waals surface area contributed by atoms with Crippen molar-refractivity contribution in [3.63, 3.8) is 0 Å². The van der Waals surface area contributed by atoms with Gasteiger partial charge in [-0.15, -0.1) is 0 Å². The van der Waals surface area contributed by atoms with Gasteiger partial charge in [0, 0.05) is 6.67 Å². The quantitative estimate of drug-likeness (QED) is 0.297. The fraction of sp³-hybridized carbons (Fsp3) is 1.00. The molecule has 0 amide bonds. The van der Waals surface area contributed by atoms with Crippen molar-refractivity contribution < 1.29 is 9.85 Å². The molecule has 68 valence electrons. The van der Waals surface area contributed by atoms with E-state index in [4.69, 9.17) is 0 Å². The summed E-state index contributed by atoms with van der Waals surface area (Å²) in [5, 5.41) is 25.9. The molecule has 1 aliphatic rings. The van der Waals surface area contributed by atoms with E-state index in [1.54, 1.807) is 0 Å². The van der Waals surface area contributed by atoms with E-state index < -0.39 is 15.5 Å². The van der Waals surface area contributed by atoms with Crippen molar-refractivity contribution >= 4 is 0 Å². The first-order valence-electron chi connectivity index (χ1n) is 3.30. The molecule has 0 aromatic heterocycles. The van der Waals surface area contributed by atoms with Crippen LogP contribution in [0, 0.1) is 20.2 Å². The van der Waals surface area contributed by atoms with Gasteiger partial charge < -0.3 is 0 Å². The molecule has 1 heterocycles. The lowest BCUT2D eigenvalue weighted by atomic mass is 10.1. The van der Waals surface area contributed by atoms with Crippen molar-refractivity contribution in [1.29, 1.82) is 0 Å². The van der Waals surface area contributed by atoms with Crippen molar-refractivity contribution in [1.82, 2.24) is 10.6 Å². The van der Waals surface area contributed by atoms with Crippen molar-refractivity contribution in [2.45, 2.75) is 5.66 Å². The molecule has 8 heteroatoms. The van der Waals surface area contributed by atoms with Gasteiger partial charge in [0.2, 0.25) is 0 Å². The minimum Gasteiger partial charge on any atom is -0.291 e. The SMILES string of the molecule is O=[N+]([O-])C1([N+](=O)[O-])CNCNC1. The van der Waals surface area contributed by atoms with Gasteiger partial charge in [0.15, 0.2) is 0 Å². The molecule has 0 radical (unpaired) electrons. The van der Waals surface area contributed by atoms with Gasteiger partial charge in [-0.1, -0.05) is 0 Å². The van der Waals surface area contributed by atoms with Crippen LogP contribution in [-0.2, 0) is 0 Å². The molecule has 0 unspecified atom stereocenters. The molecule has 0 bridgehead atoms. The molecule has 1 fully saturated rings. The Morgan fingerprint density at radius 1 is 1.08 bits per heavy atom. The third kappa shape index (κ3) is 1.21. The minimum absolute atomic E-state index is 0.236. The average molecular weight is 176 g/mol. The standard InChI is InChI=1S/C4H8N4O4/c9-7(10)4(8(11)12)1-5-3-6-2-4/h5-6H,1-3H2. The molecule has 2 N–H and O–H groups in total. The Labute approximate surface area is 67.2 Å². The summed E-state index contributed by atoms with van der Waals surface area (Å²) in [4.78, 5) is 19.1. The summed E-state index contributed by atoms with van der Waals surface area (Å²) in [5.41, 5.74) is -2.10. The monoisotopic (exact) mass is 176 g/mol. The number of hydrogen-bond acceptors (Lipinski definition) is 6. The molecule has 8 nitrogen and oxygen atoms in total. The first-order chi connectivity index (χ1) is 5.59. The predicted molar refractivity (Wildman–Crippen MR) is 37.6 cm³/mol. The normalized spacial score (nSPS) is 21.7. The second kappa shape index (κ2) is 2.99. The van der Waals surface area contributed by atoms with Crippen LogP contribution in [0.3, 0.4) is 0 Å². The molecule has 0 atom stereocenters. The Hall–Kier alpha value is -1.28. The molecule has 1 saturated heterocycles. The highest BCUT2D eigenvalue weighted by molar-refractivity contribution is 4.77. The maximum Gasteiger partial charge on any atom is 0.482 e. The fourth-order valence-corrected chi connectivity index (χ4v) is 1.00. The van der Waals surface area contributed by atoms with Crippen LogP contribution in [-0.4, -0.2) is 35.3 Å². The number of nitrogens with one attached hydrogen (secondary N) is 2. The maximum atomic E-state index is 10.4. The molecule has 0 aromatic carbocycles. The Kier molecular flexibility index (Phi) is 2.20. The largest absolute Gasteiger partial charge is 0.482 e. The van der Waals surface area contributed by atoms with Gasteiger partial charge in [-0.3, -0.25) is 30.9 Å². The van der Waals surface area contributed by atoms with E-state index in [1.807, 2.05) is 0 Å². The third-order valence-electron chi connectivity index (χ3n) is 1.75. The number of nitro groups is 2. The van der Waals surface area contributed by atoms with Crippen molar-refractivity contribution in [3.8, 4) is 0 Å². The third-order valence-corrected chi connectivity index (χ3v) is 1.75. The molecular weight excluding hydrogens is 168 g/mol. The van der Waals surface area contributed by atoms with E-state index in [0.717, 1.165) is 0 Å². The zero-order chi connectivity index (χ0) is 9.19. The molecule has 0 aliphatic carbocycles. The molecule has 1 aliphatic heterocycles. The van der Waals surface area contributed by atoms with Crippen LogP contribution >= 0.6 is 0 Å². The van der Waals surface area contributed by atoms with Gasteiger partial charge in [0.1, 0.15) is 22.9 Å². The van der Waals surface area contributed by atoms with E-state index in [9.17, 15) is 20.2 Å².